The van der Waals surface area contributed by atoms with Gasteiger partial charge in [0.2, 0.25) is 17.6 Å². The predicted octanol–water partition coefficient (Wildman–Crippen LogP) is 1.86. The van der Waals surface area contributed by atoms with E-state index < -0.39 is 0 Å². The van der Waals surface area contributed by atoms with Gasteiger partial charge in [0.05, 0.1) is 18.6 Å². The highest BCUT2D eigenvalue weighted by atomic mass is 16.5. The molecule has 1 aromatic heterocycles. The van der Waals surface area contributed by atoms with E-state index in [0.717, 1.165) is 31.7 Å². The third kappa shape index (κ3) is 4.58. The molecule has 2 heterocycles. The van der Waals surface area contributed by atoms with Gasteiger partial charge >= 0.3 is 0 Å². The Morgan fingerprint density at radius 1 is 1.21 bits per heavy atom. The number of aromatic nitrogens is 2. The van der Waals surface area contributed by atoms with Crippen LogP contribution in [0.2, 0.25) is 0 Å². The highest BCUT2D eigenvalue weighted by molar-refractivity contribution is 5.81. The molecule has 0 bridgehead atoms. The summed E-state index contributed by atoms with van der Waals surface area (Å²) < 4.78 is 5.52. The maximum absolute atomic E-state index is 12.1. The van der Waals surface area contributed by atoms with Crippen molar-refractivity contribution >= 4 is 5.91 Å². The molecule has 1 fully saturated rings. The van der Waals surface area contributed by atoms with E-state index in [4.69, 9.17) is 10.9 Å². The van der Waals surface area contributed by atoms with Gasteiger partial charge in [-0.3, -0.25) is 14.6 Å². The van der Waals surface area contributed by atoms with E-state index in [0.29, 0.717) is 11.7 Å². The number of nitrogens with zero attached hydrogens (tertiary/aromatic N) is 4. The number of benzene rings is 1. The van der Waals surface area contributed by atoms with Crippen LogP contribution in [-0.4, -0.2) is 64.6 Å². The molecule has 2 atom stereocenters. The van der Waals surface area contributed by atoms with Gasteiger partial charge < -0.3 is 9.84 Å². The molecule has 7 nitrogen and oxygen atoms in total. The van der Waals surface area contributed by atoms with Crippen molar-refractivity contribution < 1.29 is 9.32 Å². The Balaban J connectivity index is 1.57. The summed E-state index contributed by atoms with van der Waals surface area (Å²) in [5, 5.41) is 6.88. The molecule has 148 valence electrons. The molecule has 1 amide bonds. The second-order valence-electron chi connectivity index (χ2n) is 7.17. The summed E-state index contributed by atoms with van der Waals surface area (Å²) in [5.74, 6) is 3.63. The van der Waals surface area contributed by atoms with Crippen LogP contribution in [0.4, 0.5) is 0 Å². The summed E-state index contributed by atoms with van der Waals surface area (Å²) in [4.78, 5) is 21.2. The Hall–Kier alpha value is -2.69. The number of nitrogens with one attached hydrogen (secondary N) is 1. The minimum absolute atomic E-state index is 0.0272. The number of piperazine rings is 1. The molecular weight excluding hydrogens is 354 g/mol. The molecule has 0 saturated carbocycles. The van der Waals surface area contributed by atoms with E-state index in [9.17, 15) is 4.79 Å². The lowest BCUT2D eigenvalue weighted by Gasteiger charge is -2.39. The Morgan fingerprint density at radius 3 is 2.50 bits per heavy atom. The Labute approximate surface area is 166 Å². The lowest BCUT2D eigenvalue weighted by molar-refractivity contribution is -0.126. The number of hydrogen-bond donors (Lipinski definition) is 1. The molecule has 1 saturated heterocycles. The summed E-state index contributed by atoms with van der Waals surface area (Å²) in [7, 11) is 0. The van der Waals surface area contributed by atoms with Gasteiger partial charge in [0.1, 0.15) is 0 Å². The molecule has 7 heteroatoms. The first-order chi connectivity index (χ1) is 13.5. The van der Waals surface area contributed by atoms with Crippen LogP contribution in [0.25, 0.3) is 11.4 Å². The molecule has 2 unspecified atom stereocenters. The van der Waals surface area contributed by atoms with Crippen LogP contribution in [0, 0.1) is 19.3 Å². The van der Waals surface area contributed by atoms with Gasteiger partial charge in [-0.2, -0.15) is 4.98 Å². The van der Waals surface area contributed by atoms with Gasteiger partial charge in [0.25, 0.3) is 0 Å². The molecule has 1 aromatic carbocycles. The van der Waals surface area contributed by atoms with Crippen LogP contribution in [0.5, 0.6) is 0 Å². The smallest absolute Gasteiger partial charge is 0.244 e. The van der Waals surface area contributed by atoms with Crippen LogP contribution in [0.3, 0.4) is 0 Å². The maximum atomic E-state index is 12.1. The molecule has 2 aromatic rings. The second-order valence-corrected chi connectivity index (χ2v) is 7.17. The molecular formula is C21H27N5O2. The molecule has 0 radical (unpaired) electrons. The Morgan fingerprint density at radius 2 is 1.86 bits per heavy atom. The fourth-order valence-corrected chi connectivity index (χ4v) is 3.34. The zero-order valence-corrected chi connectivity index (χ0v) is 16.7. The highest BCUT2D eigenvalue weighted by Gasteiger charge is 2.29. The summed E-state index contributed by atoms with van der Waals surface area (Å²) in [6.45, 7) is 9.56. The van der Waals surface area contributed by atoms with Gasteiger partial charge in [-0.1, -0.05) is 40.9 Å². The van der Waals surface area contributed by atoms with E-state index in [-0.39, 0.29) is 24.5 Å². The first-order valence-corrected chi connectivity index (χ1v) is 9.59. The van der Waals surface area contributed by atoms with Crippen molar-refractivity contribution in [2.45, 2.75) is 32.9 Å². The van der Waals surface area contributed by atoms with Crippen molar-refractivity contribution in [2.75, 3.05) is 32.7 Å². The molecule has 0 spiro atoms. The van der Waals surface area contributed by atoms with E-state index in [1.54, 1.807) is 0 Å². The fourth-order valence-electron chi connectivity index (χ4n) is 3.34. The second kappa shape index (κ2) is 9.00. The molecule has 1 N–H and O–H groups in total. The lowest BCUT2D eigenvalue weighted by Crippen LogP contribution is -2.54. The summed E-state index contributed by atoms with van der Waals surface area (Å²) in [6, 6.07) is 7.91. The quantitative estimate of drug-likeness (QED) is 0.770. The minimum Gasteiger partial charge on any atom is -0.344 e. The maximum Gasteiger partial charge on any atom is 0.244 e. The largest absolute Gasteiger partial charge is 0.344 e. The monoisotopic (exact) mass is 381 g/mol. The number of rotatable bonds is 6. The van der Waals surface area contributed by atoms with E-state index in [1.165, 1.54) is 5.56 Å². The topological polar surface area (TPSA) is 74.5 Å². The average Bonchev–Trinajstić information content (AvgIpc) is 3.21. The van der Waals surface area contributed by atoms with E-state index >= 15 is 0 Å². The van der Waals surface area contributed by atoms with Crippen LogP contribution in [0.1, 0.15) is 31.3 Å². The number of terminal acetylenes is 1. The third-order valence-corrected chi connectivity index (χ3v) is 5.30. The first-order valence-electron chi connectivity index (χ1n) is 9.59. The average molecular weight is 381 g/mol. The first kappa shape index (κ1) is 20.1. The van der Waals surface area contributed by atoms with Gasteiger partial charge in [-0.25, -0.2) is 0 Å². The normalized spacial score (nSPS) is 17.6. The molecule has 28 heavy (non-hydrogen) atoms. The van der Waals surface area contributed by atoms with Gasteiger partial charge in [0.15, 0.2) is 0 Å². The van der Waals surface area contributed by atoms with Gasteiger partial charge in [0, 0.05) is 31.7 Å². The van der Waals surface area contributed by atoms with Crippen LogP contribution >= 0.6 is 0 Å². The summed E-state index contributed by atoms with van der Waals surface area (Å²) >= 11 is 0. The van der Waals surface area contributed by atoms with Crippen molar-refractivity contribution in [3.8, 4) is 23.7 Å². The molecule has 0 aliphatic carbocycles. The number of carbonyl (C=O) groups is 1. The highest BCUT2D eigenvalue weighted by Crippen LogP contribution is 2.24. The van der Waals surface area contributed by atoms with Crippen molar-refractivity contribution in [3.05, 3.63) is 35.7 Å². The Bertz CT molecular complexity index is 831. The summed E-state index contributed by atoms with van der Waals surface area (Å²) in [5.41, 5.74) is 2.14. The number of aryl methyl sites for hydroxylation is 1. The minimum atomic E-state index is -0.192. The lowest BCUT2D eigenvalue weighted by atomic mass is 10.1. The molecule has 1 aliphatic rings. The predicted molar refractivity (Wildman–Crippen MR) is 107 cm³/mol. The van der Waals surface area contributed by atoms with Crippen LogP contribution in [0.15, 0.2) is 28.8 Å². The van der Waals surface area contributed by atoms with Gasteiger partial charge in [-0.15, -0.1) is 6.42 Å². The van der Waals surface area contributed by atoms with Crippen molar-refractivity contribution in [3.63, 3.8) is 0 Å². The SMILES string of the molecule is C#CCNC(=O)C(C)N1CCN(C(C)c2nc(-c3ccc(C)cc3)no2)CC1. The number of carbonyl (C=O) groups excluding carboxylic acids is 1. The van der Waals surface area contributed by atoms with Crippen molar-refractivity contribution in [1.82, 2.24) is 25.3 Å². The number of amides is 1. The zero-order chi connectivity index (χ0) is 20.1. The van der Waals surface area contributed by atoms with E-state index in [1.807, 2.05) is 38.1 Å². The standard InChI is InChI=1S/C21H27N5O2/c1-5-10-22-20(27)16(3)25-11-13-26(14-12-25)17(4)21-23-19(24-28-21)18-8-6-15(2)7-9-18/h1,6-9,16-17H,10-14H2,2-4H3,(H,22,27). The van der Waals surface area contributed by atoms with Crippen LogP contribution in [-0.2, 0) is 4.79 Å². The zero-order valence-electron chi connectivity index (χ0n) is 16.7. The van der Waals surface area contributed by atoms with Crippen molar-refractivity contribution in [1.29, 1.82) is 0 Å². The molecule has 3 rings (SSSR count). The van der Waals surface area contributed by atoms with Crippen LogP contribution < -0.4 is 5.32 Å². The van der Waals surface area contributed by atoms with Gasteiger partial charge in [-0.05, 0) is 20.8 Å². The van der Waals surface area contributed by atoms with Crippen molar-refractivity contribution in [2.24, 2.45) is 0 Å². The fraction of sp³-hybridized carbons (Fsp3) is 0.476. The number of hydrogen-bond acceptors (Lipinski definition) is 6. The Kier molecular flexibility index (Phi) is 6.45. The molecule has 1 aliphatic heterocycles. The van der Waals surface area contributed by atoms with E-state index in [2.05, 4.69) is 38.1 Å². The summed E-state index contributed by atoms with van der Waals surface area (Å²) in [6.07, 6.45) is 5.20. The third-order valence-electron chi connectivity index (χ3n) is 5.30.